The number of aryl methyl sites for hydroxylation is 1. The summed E-state index contributed by atoms with van der Waals surface area (Å²) < 4.78 is 7.53. The number of rotatable bonds is 7. The molecule has 4 aromatic rings. The van der Waals surface area contributed by atoms with Crippen molar-refractivity contribution >= 4 is 16.6 Å². The van der Waals surface area contributed by atoms with Gasteiger partial charge in [-0.25, -0.2) is 4.98 Å². The molecule has 0 unspecified atom stereocenters. The average Bonchev–Trinajstić information content (AvgIpc) is 3.22. The maximum Gasteiger partial charge on any atom is 0.143 e. The average molecular weight is 400 g/mol. The monoisotopic (exact) mass is 400 g/mol. The first-order chi connectivity index (χ1) is 14.7. The Bertz CT molecular complexity index is 1190. The van der Waals surface area contributed by atoms with Crippen LogP contribution in [0.2, 0.25) is 0 Å². The molecule has 4 rings (SSSR count). The predicted molar refractivity (Wildman–Crippen MR) is 119 cm³/mol. The van der Waals surface area contributed by atoms with Crippen molar-refractivity contribution in [2.24, 2.45) is 5.84 Å². The molecule has 7 heteroatoms. The SMILES string of the molecule is COc1cc(/C(=C/NCc2cccc3cccnc23)NN)ccc1-n1cnc(C)c1. The van der Waals surface area contributed by atoms with Crippen LogP contribution in [-0.4, -0.2) is 21.6 Å². The molecule has 0 atom stereocenters. The van der Waals surface area contributed by atoms with Gasteiger partial charge in [0.05, 0.1) is 36.0 Å². The number of imidazole rings is 1. The second-order valence-corrected chi connectivity index (χ2v) is 6.88. The van der Waals surface area contributed by atoms with Gasteiger partial charge in [0.1, 0.15) is 5.75 Å². The minimum atomic E-state index is 0.628. The van der Waals surface area contributed by atoms with Gasteiger partial charge in [-0.05, 0) is 30.7 Å². The molecule has 30 heavy (non-hydrogen) atoms. The second kappa shape index (κ2) is 8.67. The van der Waals surface area contributed by atoms with Crippen molar-refractivity contribution in [2.75, 3.05) is 7.11 Å². The summed E-state index contributed by atoms with van der Waals surface area (Å²) in [4.78, 5) is 8.78. The van der Waals surface area contributed by atoms with E-state index in [0.717, 1.165) is 44.9 Å². The maximum atomic E-state index is 5.79. The van der Waals surface area contributed by atoms with Gasteiger partial charge in [-0.2, -0.15) is 0 Å². The van der Waals surface area contributed by atoms with Gasteiger partial charge in [-0.1, -0.05) is 30.3 Å². The van der Waals surface area contributed by atoms with Gasteiger partial charge in [0.15, 0.2) is 0 Å². The third-order valence-corrected chi connectivity index (χ3v) is 4.89. The van der Waals surface area contributed by atoms with Gasteiger partial charge in [0, 0.05) is 36.1 Å². The van der Waals surface area contributed by atoms with Crippen LogP contribution in [0.1, 0.15) is 16.8 Å². The van der Waals surface area contributed by atoms with E-state index in [2.05, 4.69) is 38.9 Å². The third kappa shape index (κ3) is 3.97. The summed E-state index contributed by atoms with van der Waals surface area (Å²) in [7, 11) is 1.65. The summed E-state index contributed by atoms with van der Waals surface area (Å²) >= 11 is 0. The van der Waals surface area contributed by atoms with Crippen molar-refractivity contribution in [1.82, 2.24) is 25.3 Å². The molecule has 0 radical (unpaired) electrons. The van der Waals surface area contributed by atoms with E-state index in [0.29, 0.717) is 6.54 Å². The van der Waals surface area contributed by atoms with Crippen molar-refractivity contribution in [1.29, 1.82) is 0 Å². The summed E-state index contributed by atoms with van der Waals surface area (Å²) in [6.45, 7) is 2.58. The molecular weight excluding hydrogens is 376 g/mol. The molecule has 152 valence electrons. The largest absolute Gasteiger partial charge is 0.495 e. The van der Waals surface area contributed by atoms with Gasteiger partial charge in [-0.15, -0.1) is 0 Å². The number of hydrogen-bond donors (Lipinski definition) is 3. The van der Waals surface area contributed by atoms with E-state index < -0.39 is 0 Å². The fourth-order valence-corrected chi connectivity index (χ4v) is 3.39. The molecule has 0 saturated carbocycles. The molecule has 4 N–H and O–H groups in total. The van der Waals surface area contributed by atoms with Gasteiger partial charge < -0.3 is 20.0 Å². The highest BCUT2D eigenvalue weighted by Crippen LogP contribution is 2.26. The van der Waals surface area contributed by atoms with Crippen molar-refractivity contribution < 1.29 is 4.74 Å². The zero-order valence-corrected chi connectivity index (χ0v) is 17.0. The number of hydrazine groups is 1. The predicted octanol–water partition coefficient (Wildman–Crippen LogP) is 3.29. The van der Waals surface area contributed by atoms with E-state index in [9.17, 15) is 0 Å². The van der Waals surface area contributed by atoms with E-state index in [-0.39, 0.29) is 0 Å². The van der Waals surface area contributed by atoms with Crippen LogP contribution in [0.5, 0.6) is 5.75 Å². The van der Waals surface area contributed by atoms with E-state index in [1.807, 2.05) is 60.4 Å². The van der Waals surface area contributed by atoms with Gasteiger partial charge in [0.2, 0.25) is 0 Å². The maximum absolute atomic E-state index is 5.79. The summed E-state index contributed by atoms with van der Waals surface area (Å²) in [5.41, 5.74) is 8.37. The Hall–Kier alpha value is -3.84. The number of nitrogens with two attached hydrogens (primary N) is 1. The van der Waals surface area contributed by atoms with E-state index in [1.54, 1.807) is 13.4 Å². The Morgan fingerprint density at radius 2 is 2.03 bits per heavy atom. The topological polar surface area (TPSA) is 90.0 Å². The number of aromatic nitrogens is 3. The summed E-state index contributed by atoms with van der Waals surface area (Å²) in [5, 5.41) is 4.45. The van der Waals surface area contributed by atoms with Gasteiger partial charge in [-0.3, -0.25) is 10.8 Å². The molecule has 0 saturated heterocycles. The molecule has 0 fully saturated rings. The summed E-state index contributed by atoms with van der Waals surface area (Å²) in [6, 6.07) is 16.1. The van der Waals surface area contributed by atoms with Crippen LogP contribution >= 0.6 is 0 Å². The first-order valence-corrected chi connectivity index (χ1v) is 9.62. The normalized spacial score (nSPS) is 11.5. The standard InChI is InChI=1S/C23H24N6O/c1-16-14-29(15-27-16)21-9-8-18(11-22(21)30-2)20(28-24)13-25-12-19-6-3-5-17-7-4-10-26-23(17)19/h3-11,13-15,25,28H,12,24H2,1-2H3/b20-13-. The number of methoxy groups -OCH3 is 1. The van der Waals surface area contributed by atoms with Crippen LogP contribution in [0.4, 0.5) is 0 Å². The first kappa shape index (κ1) is 19.5. The molecule has 0 aliphatic heterocycles. The molecule has 2 aromatic carbocycles. The van der Waals surface area contributed by atoms with Crippen LogP contribution < -0.4 is 21.3 Å². The third-order valence-electron chi connectivity index (χ3n) is 4.89. The molecule has 2 heterocycles. The van der Waals surface area contributed by atoms with Crippen molar-refractivity contribution in [2.45, 2.75) is 13.5 Å². The fraction of sp³-hybridized carbons (Fsp3) is 0.130. The lowest BCUT2D eigenvalue weighted by atomic mass is 10.1. The smallest absolute Gasteiger partial charge is 0.143 e. The molecule has 0 spiro atoms. The molecule has 0 bridgehead atoms. The lowest BCUT2D eigenvalue weighted by Gasteiger charge is -2.14. The van der Waals surface area contributed by atoms with Gasteiger partial charge >= 0.3 is 0 Å². The number of fused-ring (bicyclic) bond motifs is 1. The zero-order valence-electron chi connectivity index (χ0n) is 17.0. The van der Waals surface area contributed by atoms with Crippen LogP contribution in [0.3, 0.4) is 0 Å². The van der Waals surface area contributed by atoms with Crippen molar-refractivity contribution in [3.63, 3.8) is 0 Å². The minimum absolute atomic E-state index is 0.628. The van der Waals surface area contributed by atoms with Gasteiger partial charge in [0.25, 0.3) is 0 Å². The Morgan fingerprint density at radius 1 is 1.17 bits per heavy atom. The van der Waals surface area contributed by atoms with Crippen molar-refractivity contribution in [3.05, 3.63) is 90.3 Å². The molecule has 7 nitrogen and oxygen atoms in total. The number of benzene rings is 2. The summed E-state index contributed by atoms with van der Waals surface area (Å²) in [5.74, 6) is 6.52. The van der Waals surface area contributed by atoms with Crippen LogP contribution in [0, 0.1) is 6.92 Å². The Kier molecular flexibility index (Phi) is 5.63. The van der Waals surface area contributed by atoms with E-state index >= 15 is 0 Å². The number of ether oxygens (including phenoxy) is 1. The highest BCUT2D eigenvalue weighted by Gasteiger charge is 2.10. The van der Waals surface area contributed by atoms with E-state index in [4.69, 9.17) is 10.6 Å². The lowest BCUT2D eigenvalue weighted by Crippen LogP contribution is -2.22. The summed E-state index contributed by atoms with van der Waals surface area (Å²) in [6.07, 6.45) is 7.39. The molecule has 0 aliphatic rings. The quantitative estimate of drug-likeness (QED) is 0.326. The molecule has 0 amide bonds. The Morgan fingerprint density at radius 3 is 2.80 bits per heavy atom. The number of hydrogen-bond acceptors (Lipinski definition) is 6. The fourth-order valence-electron chi connectivity index (χ4n) is 3.39. The van der Waals surface area contributed by atoms with Crippen LogP contribution in [0.15, 0.2) is 73.5 Å². The zero-order chi connectivity index (χ0) is 20.9. The number of pyridine rings is 1. The van der Waals surface area contributed by atoms with Crippen LogP contribution in [0.25, 0.3) is 22.3 Å². The van der Waals surface area contributed by atoms with Crippen LogP contribution in [-0.2, 0) is 6.54 Å². The second-order valence-electron chi connectivity index (χ2n) is 6.88. The van der Waals surface area contributed by atoms with Crippen molar-refractivity contribution in [3.8, 4) is 11.4 Å². The highest BCUT2D eigenvalue weighted by molar-refractivity contribution is 5.81. The molecule has 0 aliphatic carbocycles. The number of nitrogens with zero attached hydrogens (tertiary/aromatic N) is 3. The van der Waals surface area contributed by atoms with E-state index in [1.165, 1.54) is 0 Å². The molecular formula is C23H24N6O. The number of para-hydroxylation sites is 1. The minimum Gasteiger partial charge on any atom is -0.495 e. The first-order valence-electron chi connectivity index (χ1n) is 9.62. The Balaban J connectivity index is 1.56. The highest BCUT2D eigenvalue weighted by atomic mass is 16.5. The Labute approximate surface area is 175 Å². The lowest BCUT2D eigenvalue weighted by molar-refractivity contribution is 0.412. The molecule has 2 aromatic heterocycles. The number of nitrogens with one attached hydrogen (secondary N) is 2.